The summed E-state index contributed by atoms with van der Waals surface area (Å²) in [6, 6.07) is 10.4. The minimum absolute atomic E-state index is 0.224. The summed E-state index contributed by atoms with van der Waals surface area (Å²) in [5.41, 5.74) is 5.07. The number of aryl methyl sites for hydroxylation is 1. The van der Waals surface area contributed by atoms with Gasteiger partial charge in [-0.2, -0.15) is 5.10 Å². The Hall–Kier alpha value is -3.68. The first-order valence-electron chi connectivity index (χ1n) is 9.28. The number of rotatable bonds is 7. The van der Waals surface area contributed by atoms with Gasteiger partial charge in [0.2, 0.25) is 0 Å². The number of hydrazone groups is 1. The third kappa shape index (κ3) is 4.43. The lowest BCUT2D eigenvalue weighted by Gasteiger charge is -2.03. The zero-order valence-corrected chi connectivity index (χ0v) is 16.6. The Kier molecular flexibility index (Phi) is 6.23. The van der Waals surface area contributed by atoms with Crippen LogP contribution in [0.2, 0.25) is 0 Å². The van der Waals surface area contributed by atoms with Crippen molar-refractivity contribution in [1.29, 1.82) is 0 Å². The quantitative estimate of drug-likeness (QED) is 0.476. The molecule has 0 saturated carbocycles. The lowest BCUT2D eigenvalue weighted by Crippen LogP contribution is -2.23. The second kappa shape index (κ2) is 9.01. The van der Waals surface area contributed by atoms with Gasteiger partial charge in [0.1, 0.15) is 5.75 Å². The largest absolute Gasteiger partial charge is 0.497 e. The van der Waals surface area contributed by atoms with E-state index in [2.05, 4.69) is 20.6 Å². The lowest BCUT2D eigenvalue weighted by atomic mass is 10.1. The Bertz CT molecular complexity index is 1070. The smallest absolute Gasteiger partial charge is 0.280 e. The van der Waals surface area contributed by atoms with Crippen molar-refractivity contribution < 1.29 is 9.53 Å². The zero-order chi connectivity index (χ0) is 20.8. The Morgan fingerprint density at radius 3 is 2.52 bits per heavy atom. The maximum absolute atomic E-state index is 13.1. The first kappa shape index (κ1) is 20.1. The van der Waals surface area contributed by atoms with Gasteiger partial charge in [-0.15, -0.1) is 0 Å². The van der Waals surface area contributed by atoms with Crippen LogP contribution in [0.25, 0.3) is 5.69 Å². The monoisotopic (exact) mass is 393 g/mol. The molecule has 0 fully saturated rings. The molecule has 2 heterocycles. The summed E-state index contributed by atoms with van der Waals surface area (Å²) in [5.74, 6) is 0.341. The summed E-state index contributed by atoms with van der Waals surface area (Å²) < 4.78 is 6.65. The summed E-state index contributed by atoms with van der Waals surface area (Å²) in [5, 5.41) is 7.32. The second-order valence-electron chi connectivity index (χ2n) is 6.43. The Balaban J connectivity index is 1.93. The summed E-state index contributed by atoms with van der Waals surface area (Å²) in [7, 11) is 1.59. The van der Waals surface area contributed by atoms with Crippen molar-refractivity contribution in [3.63, 3.8) is 0 Å². The van der Waals surface area contributed by atoms with Gasteiger partial charge in [-0.25, -0.2) is 10.1 Å². The molecule has 2 aromatic heterocycles. The van der Waals surface area contributed by atoms with E-state index in [1.165, 1.54) is 17.1 Å². The summed E-state index contributed by atoms with van der Waals surface area (Å²) >= 11 is 0. The number of pyridine rings is 1. The Morgan fingerprint density at radius 2 is 1.90 bits per heavy atom. The summed E-state index contributed by atoms with van der Waals surface area (Å²) in [6.45, 7) is 3.74. The fraction of sp³-hybridized carbons (Fsp3) is 0.238. The Labute approximate surface area is 168 Å². The van der Waals surface area contributed by atoms with Crippen molar-refractivity contribution >= 4 is 11.6 Å². The number of benzene rings is 1. The number of carbonyl (C=O) groups excluding carboxylic acids is 1. The van der Waals surface area contributed by atoms with Gasteiger partial charge in [0.15, 0.2) is 0 Å². The first-order chi connectivity index (χ1) is 14.0. The third-order valence-electron chi connectivity index (χ3n) is 4.43. The van der Waals surface area contributed by atoms with E-state index in [0.29, 0.717) is 34.7 Å². The van der Waals surface area contributed by atoms with Crippen LogP contribution in [0.1, 0.15) is 41.9 Å². The van der Waals surface area contributed by atoms with Gasteiger partial charge in [-0.05, 0) is 49.7 Å². The minimum Gasteiger partial charge on any atom is -0.497 e. The minimum atomic E-state index is -0.366. The average Bonchev–Trinajstić information content (AvgIpc) is 3.08. The molecule has 0 radical (unpaired) electrons. The number of carbonyl (C=O) groups is 1. The highest BCUT2D eigenvalue weighted by atomic mass is 16.5. The maximum atomic E-state index is 13.1. The van der Waals surface area contributed by atoms with Gasteiger partial charge in [-0.1, -0.05) is 13.3 Å². The average molecular weight is 393 g/mol. The molecule has 8 nitrogen and oxygen atoms in total. The molecule has 0 atom stereocenters. The predicted molar refractivity (Wildman–Crippen MR) is 111 cm³/mol. The number of aromatic amines is 1. The van der Waals surface area contributed by atoms with Crippen molar-refractivity contribution in [1.82, 2.24) is 20.2 Å². The molecular weight excluding hydrogens is 370 g/mol. The predicted octanol–water partition coefficient (Wildman–Crippen LogP) is 2.68. The standard InChI is InChI=1S/C21H23N5O3/c1-4-5-18-19(14(2)23-24-20(27)15-10-12-22-13-11-15)21(28)26(25-18)16-6-8-17(29-3)9-7-16/h6-13,25H,4-5H2,1-3H3,(H,24,27)/b23-14+. The normalized spacial score (nSPS) is 11.3. The van der Waals surface area contributed by atoms with E-state index < -0.39 is 0 Å². The van der Waals surface area contributed by atoms with Crippen LogP contribution in [-0.2, 0) is 6.42 Å². The maximum Gasteiger partial charge on any atom is 0.280 e. The van der Waals surface area contributed by atoms with Gasteiger partial charge < -0.3 is 4.74 Å². The van der Waals surface area contributed by atoms with Crippen LogP contribution in [-0.4, -0.2) is 33.5 Å². The molecule has 8 heteroatoms. The van der Waals surface area contributed by atoms with Crippen LogP contribution in [0.15, 0.2) is 58.7 Å². The number of ether oxygens (including phenoxy) is 1. The van der Waals surface area contributed by atoms with E-state index in [1.54, 1.807) is 50.4 Å². The van der Waals surface area contributed by atoms with Crippen molar-refractivity contribution in [2.24, 2.45) is 5.10 Å². The van der Waals surface area contributed by atoms with E-state index in [0.717, 1.165) is 12.1 Å². The van der Waals surface area contributed by atoms with Gasteiger partial charge in [-0.3, -0.25) is 19.7 Å². The van der Waals surface area contributed by atoms with Crippen LogP contribution in [0.5, 0.6) is 5.75 Å². The highest BCUT2D eigenvalue weighted by Gasteiger charge is 2.18. The topological polar surface area (TPSA) is 101 Å². The highest BCUT2D eigenvalue weighted by Crippen LogP contribution is 2.15. The molecule has 2 N–H and O–H groups in total. The summed E-state index contributed by atoms with van der Waals surface area (Å²) in [6.07, 6.45) is 4.60. The number of methoxy groups -OCH3 is 1. The number of aromatic nitrogens is 3. The van der Waals surface area contributed by atoms with Gasteiger partial charge in [0, 0.05) is 23.7 Å². The van der Waals surface area contributed by atoms with E-state index in [4.69, 9.17) is 4.74 Å². The van der Waals surface area contributed by atoms with Crippen LogP contribution in [0.4, 0.5) is 0 Å². The van der Waals surface area contributed by atoms with Crippen LogP contribution in [0.3, 0.4) is 0 Å². The molecule has 29 heavy (non-hydrogen) atoms. The third-order valence-corrected chi connectivity index (χ3v) is 4.43. The number of hydrogen-bond donors (Lipinski definition) is 2. The molecule has 0 aliphatic heterocycles. The molecule has 3 rings (SSSR count). The van der Waals surface area contributed by atoms with Crippen LogP contribution >= 0.6 is 0 Å². The van der Waals surface area contributed by atoms with E-state index in [-0.39, 0.29) is 11.5 Å². The summed E-state index contributed by atoms with van der Waals surface area (Å²) in [4.78, 5) is 29.2. The van der Waals surface area contributed by atoms with Crippen molar-refractivity contribution in [3.05, 3.63) is 76.0 Å². The van der Waals surface area contributed by atoms with Crippen LogP contribution < -0.4 is 15.7 Å². The molecule has 0 unspecified atom stereocenters. The number of nitrogens with zero attached hydrogens (tertiary/aromatic N) is 3. The molecule has 1 amide bonds. The fourth-order valence-corrected chi connectivity index (χ4v) is 2.96. The van der Waals surface area contributed by atoms with E-state index >= 15 is 0 Å². The molecule has 1 aromatic carbocycles. The SMILES string of the molecule is CCCc1[nH]n(-c2ccc(OC)cc2)c(=O)c1/C(C)=N/NC(=O)c1ccncc1. The highest BCUT2D eigenvalue weighted by molar-refractivity contribution is 6.01. The molecule has 0 bridgehead atoms. The fourth-order valence-electron chi connectivity index (χ4n) is 2.96. The van der Waals surface area contributed by atoms with Gasteiger partial charge >= 0.3 is 0 Å². The number of H-pyrrole nitrogens is 1. The van der Waals surface area contributed by atoms with Crippen molar-refractivity contribution in [2.45, 2.75) is 26.7 Å². The van der Waals surface area contributed by atoms with Gasteiger partial charge in [0.05, 0.1) is 24.1 Å². The molecule has 150 valence electrons. The van der Waals surface area contributed by atoms with Crippen molar-refractivity contribution in [2.75, 3.05) is 7.11 Å². The molecule has 0 aliphatic rings. The Morgan fingerprint density at radius 1 is 1.21 bits per heavy atom. The molecule has 0 spiro atoms. The second-order valence-corrected chi connectivity index (χ2v) is 6.43. The van der Waals surface area contributed by atoms with E-state index in [9.17, 15) is 9.59 Å². The molecular formula is C21H23N5O3. The molecule has 0 saturated heterocycles. The number of amides is 1. The number of hydrogen-bond acceptors (Lipinski definition) is 5. The van der Waals surface area contributed by atoms with Crippen molar-refractivity contribution in [3.8, 4) is 11.4 Å². The molecule has 0 aliphatic carbocycles. The van der Waals surface area contributed by atoms with E-state index in [1.807, 2.05) is 6.92 Å². The van der Waals surface area contributed by atoms with Gasteiger partial charge in [0.25, 0.3) is 11.5 Å². The molecule has 3 aromatic rings. The number of nitrogens with one attached hydrogen (secondary N) is 2. The first-order valence-corrected chi connectivity index (χ1v) is 9.28. The lowest BCUT2D eigenvalue weighted by molar-refractivity contribution is 0.0954. The zero-order valence-electron chi connectivity index (χ0n) is 16.6. The van der Waals surface area contributed by atoms with Crippen LogP contribution in [0, 0.1) is 0 Å².